The van der Waals surface area contributed by atoms with Gasteiger partial charge in [-0.15, -0.1) is 0 Å². The lowest BCUT2D eigenvalue weighted by molar-refractivity contribution is 0.0595. The molecule has 0 saturated heterocycles. The topological polar surface area (TPSA) is 73.6 Å². The highest BCUT2D eigenvalue weighted by atomic mass is 16.5. The Kier molecular flexibility index (Phi) is 2.15. The van der Waals surface area contributed by atoms with Crippen LogP contribution in [-0.4, -0.2) is 18.9 Å². The van der Waals surface area contributed by atoms with Gasteiger partial charge in [0.05, 0.1) is 12.7 Å². The molecule has 0 amide bonds. The van der Waals surface area contributed by atoms with Gasteiger partial charge in [0.2, 0.25) is 0 Å². The molecule has 0 N–H and O–H groups in total. The van der Waals surface area contributed by atoms with Crippen molar-refractivity contribution in [1.29, 1.82) is 0 Å². The van der Waals surface area contributed by atoms with Gasteiger partial charge in [-0.05, 0) is 6.07 Å². The first-order chi connectivity index (χ1) is 7.13. The van der Waals surface area contributed by atoms with Crippen LogP contribution in [0.3, 0.4) is 0 Å². The molecule has 0 aliphatic heterocycles. The number of methoxy groups -OCH3 is 1. The number of rotatable bonds is 1. The number of ether oxygens (including phenoxy) is 1. The number of ketones is 1. The van der Waals surface area contributed by atoms with E-state index in [1.165, 1.54) is 6.07 Å². The van der Waals surface area contributed by atoms with Crippen molar-refractivity contribution in [2.75, 3.05) is 7.11 Å². The van der Waals surface area contributed by atoms with E-state index in [4.69, 9.17) is 4.42 Å². The third-order valence-electron chi connectivity index (χ3n) is 2.31. The number of carbonyl (C=O) groups excluding carboxylic acids is 2. The minimum atomic E-state index is -0.786. The van der Waals surface area contributed by atoms with Crippen molar-refractivity contribution in [1.82, 2.24) is 0 Å². The highest BCUT2D eigenvalue weighted by Gasteiger charge is 2.25. The van der Waals surface area contributed by atoms with Crippen molar-refractivity contribution in [2.45, 2.75) is 12.8 Å². The molecule has 5 nitrogen and oxygen atoms in total. The number of aryl methyl sites for hydroxylation is 1. The standard InChI is InChI=1S/C10H8O5/c1-14-9(12)6-4-5-7(11)2-3-8(5)15-10(6)13/h4H,2-3H2,1H3. The molecule has 15 heavy (non-hydrogen) atoms. The Hall–Kier alpha value is -1.91. The molecule has 0 bridgehead atoms. The number of carbonyl (C=O) groups is 2. The lowest BCUT2D eigenvalue weighted by Crippen LogP contribution is -2.16. The first-order valence-electron chi connectivity index (χ1n) is 4.42. The molecular formula is C10H8O5. The Morgan fingerprint density at radius 1 is 1.40 bits per heavy atom. The van der Waals surface area contributed by atoms with E-state index in [-0.39, 0.29) is 11.3 Å². The van der Waals surface area contributed by atoms with Crippen LogP contribution < -0.4 is 5.63 Å². The van der Waals surface area contributed by atoms with Gasteiger partial charge in [0.25, 0.3) is 0 Å². The molecule has 2 rings (SSSR count). The van der Waals surface area contributed by atoms with Crippen molar-refractivity contribution in [2.24, 2.45) is 0 Å². The molecule has 1 aliphatic carbocycles. The van der Waals surface area contributed by atoms with E-state index in [0.29, 0.717) is 24.2 Å². The van der Waals surface area contributed by atoms with Crippen LogP contribution in [0, 0.1) is 0 Å². The van der Waals surface area contributed by atoms with Gasteiger partial charge < -0.3 is 9.15 Å². The summed E-state index contributed by atoms with van der Waals surface area (Å²) in [5.74, 6) is -0.539. The molecule has 1 aromatic rings. The van der Waals surface area contributed by atoms with Gasteiger partial charge in [-0.25, -0.2) is 9.59 Å². The molecule has 0 atom stereocenters. The van der Waals surface area contributed by atoms with E-state index in [0.717, 1.165) is 7.11 Å². The zero-order valence-electron chi connectivity index (χ0n) is 8.03. The summed E-state index contributed by atoms with van der Waals surface area (Å²) in [6.45, 7) is 0. The predicted molar refractivity (Wildman–Crippen MR) is 49.0 cm³/mol. The van der Waals surface area contributed by atoms with Crippen LogP contribution in [0.25, 0.3) is 0 Å². The first-order valence-corrected chi connectivity index (χ1v) is 4.42. The minimum absolute atomic E-state index is 0.112. The second-order valence-electron chi connectivity index (χ2n) is 3.20. The second-order valence-corrected chi connectivity index (χ2v) is 3.20. The maximum Gasteiger partial charge on any atom is 0.350 e. The van der Waals surface area contributed by atoms with Crippen LogP contribution in [0.4, 0.5) is 0 Å². The molecule has 0 saturated carbocycles. The Morgan fingerprint density at radius 2 is 2.13 bits per heavy atom. The number of hydrogen-bond acceptors (Lipinski definition) is 5. The van der Waals surface area contributed by atoms with E-state index >= 15 is 0 Å². The molecule has 0 unspecified atom stereocenters. The SMILES string of the molecule is COC(=O)c1cc2c(oc1=O)CCC2=O. The molecule has 0 aromatic carbocycles. The van der Waals surface area contributed by atoms with E-state index in [1.807, 2.05) is 0 Å². The van der Waals surface area contributed by atoms with E-state index in [9.17, 15) is 14.4 Å². The monoisotopic (exact) mass is 208 g/mol. The molecule has 0 fully saturated rings. The Bertz CT molecular complexity index is 497. The maximum atomic E-state index is 11.3. The van der Waals surface area contributed by atoms with Crippen LogP contribution in [0.2, 0.25) is 0 Å². The van der Waals surface area contributed by atoms with E-state index < -0.39 is 11.6 Å². The first kappa shape index (κ1) is 9.64. The van der Waals surface area contributed by atoms with Crippen molar-refractivity contribution in [3.05, 3.63) is 33.4 Å². The van der Waals surface area contributed by atoms with Gasteiger partial charge in [-0.1, -0.05) is 0 Å². The fourth-order valence-electron chi connectivity index (χ4n) is 1.54. The van der Waals surface area contributed by atoms with Gasteiger partial charge >= 0.3 is 11.6 Å². The number of fused-ring (bicyclic) bond motifs is 1. The number of Topliss-reactive ketones (excluding diaryl/α,β-unsaturated/α-hetero) is 1. The molecule has 78 valence electrons. The average molecular weight is 208 g/mol. The lowest BCUT2D eigenvalue weighted by Gasteiger charge is -1.99. The normalized spacial score (nSPS) is 13.8. The summed E-state index contributed by atoms with van der Waals surface area (Å²) in [6, 6.07) is 1.25. The van der Waals surface area contributed by atoms with Crippen LogP contribution in [0.1, 0.15) is 32.9 Å². The van der Waals surface area contributed by atoms with Crippen LogP contribution in [0.5, 0.6) is 0 Å². The number of esters is 1. The minimum Gasteiger partial charge on any atom is -0.465 e. The Labute approximate surface area is 84.7 Å². The maximum absolute atomic E-state index is 11.3. The predicted octanol–water partition coefficient (Wildman–Crippen LogP) is 0.555. The summed E-state index contributed by atoms with van der Waals surface area (Å²) in [4.78, 5) is 33.8. The van der Waals surface area contributed by atoms with Crippen molar-refractivity contribution < 1.29 is 18.7 Å². The van der Waals surface area contributed by atoms with Crippen LogP contribution in [0.15, 0.2) is 15.3 Å². The molecule has 1 heterocycles. The Morgan fingerprint density at radius 3 is 2.80 bits per heavy atom. The fraction of sp³-hybridized carbons (Fsp3) is 0.300. The third-order valence-corrected chi connectivity index (χ3v) is 2.31. The summed E-state index contributed by atoms with van der Waals surface area (Å²) in [5, 5.41) is 0. The molecule has 1 aliphatic rings. The summed E-state index contributed by atoms with van der Waals surface area (Å²) in [6.07, 6.45) is 0.744. The van der Waals surface area contributed by atoms with Gasteiger partial charge in [0, 0.05) is 12.8 Å². The summed E-state index contributed by atoms with van der Waals surface area (Å²) < 4.78 is 9.27. The van der Waals surface area contributed by atoms with E-state index in [1.54, 1.807) is 0 Å². The van der Waals surface area contributed by atoms with Crippen LogP contribution in [-0.2, 0) is 11.2 Å². The molecule has 0 radical (unpaired) electrons. The largest absolute Gasteiger partial charge is 0.465 e. The molecule has 0 spiro atoms. The van der Waals surface area contributed by atoms with Crippen molar-refractivity contribution in [3.8, 4) is 0 Å². The molecule has 5 heteroatoms. The van der Waals surface area contributed by atoms with Gasteiger partial charge in [-0.3, -0.25) is 4.79 Å². The third kappa shape index (κ3) is 1.45. The van der Waals surface area contributed by atoms with Gasteiger partial charge in [-0.2, -0.15) is 0 Å². The van der Waals surface area contributed by atoms with Crippen molar-refractivity contribution in [3.63, 3.8) is 0 Å². The van der Waals surface area contributed by atoms with Crippen LogP contribution >= 0.6 is 0 Å². The van der Waals surface area contributed by atoms with Crippen molar-refractivity contribution >= 4 is 11.8 Å². The Balaban J connectivity index is 2.60. The highest BCUT2D eigenvalue weighted by Crippen LogP contribution is 2.21. The lowest BCUT2D eigenvalue weighted by atomic mass is 10.1. The van der Waals surface area contributed by atoms with Gasteiger partial charge in [0.1, 0.15) is 11.3 Å². The quantitative estimate of drug-likeness (QED) is 0.630. The smallest absolute Gasteiger partial charge is 0.350 e. The highest BCUT2D eigenvalue weighted by molar-refractivity contribution is 6.01. The summed E-state index contributed by atoms with van der Waals surface area (Å²) in [5.41, 5.74) is -0.670. The number of hydrogen-bond donors (Lipinski definition) is 0. The van der Waals surface area contributed by atoms with Gasteiger partial charge in [0.15, 0.2) is 5.78 Å². The summed E-state index contributed by atoms with van der Waals surface area (Å²) in [7, 11) is 1.16. The summed E-state index contributed by atoms with van der Waals surface area (Å²) >= 11 is 0. The zero-order valence-corrected chi connectivity index (χ0v) is 8.03. The molecule has 1 aromatic heterocycles. The fourth-order valence-corrected chi connectivity index (χ4v) is 1.54. The average Bonchev–Trinajstić information content (AvgIpc) is 2.58. The second kappa shape index (κ2) is 3.34. The van der Waals surface area contributed by atoms with E-state index in [2.05, 4.69) is 4.74 Å². The molecular weight excluding hydrogens is 200 g/mol. The zero-order chi connectivity index (χ0) is 11.0.